The zero-order valence-corrected chi connectivity index (χ0v) is 31.3. The number of nitrogens with zero attached hydrogens (tertiary/aromatic N) is 4. The van der Waals surface area contributed by atoms with Crippen molar-refractivity contribution in [2.75, 3.05) is 37.1 Å². The van der Waals surface area contributed by atoms with E-state index in [0.717, 1.165) is 69.4 Å². The van der Waals surface area contributed by atoms with Gasteiger partial charge in [0.05, 0.1) is 51.0 Å². The zero-order chi connectivity index (χ0) is 38.6. The molecule has 0 radical (unpaired) electrons. The van der Waals surface area contributed by atoms with Gasteiger partial charge in [-0.05, 0) is 84.6 Å². The molecule has 0 amide bonds. The number of rotatable bonds is 11. The van der Waals surface area contributed by atoms with Crippen LogP contribution in [0.15, 0.2) is 159 Å². The lowest BCUT2D eigenvalue weighted by Gasteiger charge is -2.10. The second kappa shape index (κ2) is 21.3. The lowest BCUT2D eigenvalue weighted by molar-refractivity contribution is 0.148. The van der Waals surface area contributed by atoms with Crippen molar-refractivity contribution in [2.45, 2.75) is 26.1 Å². The van der Waals surface area contributed by atoms with Crippen LogP contribution in [0.4, 0.5) is 23.3 Å². The van der Waals surface area contributed by atoms with Crippen molar-refractivity contribution in [3.05, 3.63) is 170 Å². The van der Waals surface area contributed by atoms with E-state index in [2.05, 4.69) is 55.9 Å². The summed E-state index contributed by atoms with van der Waals surface area (Å²) in [6.07, 6.45) is 12.8. The van der Waals surface area contributed by atoms with Crippen molar-refractivity contribution in [3.63, 3.8) is 0 Å². The first-order valence-corrected chi connectivity index (χ1v) is 18.5. The molecule has 2 aromatic heterocycles. The van der Waals surface area contributed by atoms with E-state index in [9.17, 15) is 0 Å². The normalized spacial score (nSPS) is 12.9. The minimum absolute atomic E-state index is 0.527. The van der Waals surface area contributed by atoms with Gasteiger partial charge in [0.15, 0.2) is 0 Å². The highest BCUT2D eigenvalue weighted by Gasteiger charge is 2.07. The first kappa shape index (κ1) is 39.1. The van der Waals surface area contributed by atoms with Gasteiger partial charge in [-0.3, -0.25) is 0 Å². The van der Waals surface area contributed by atoms with Crippen LogP contribution in [0.5, 0.6) is 11.5 Å². The van der Waals surface area contributed by atoms with Crippen molar-refractivity contribution < 1.29 is 18.9 Å². The highest BCUT2D eigenvalue weighted by molar-refractivity contribution is 5.65. The third kappa shape index (κ3) is 12.5. The molecule has 0 atom stereocenters. The number of ether oxygens (including phenoxy) is 4. The molecule has 7 rings (SSSR count). The summed E-state index contributed by atoms with van der Waals surface area (Å²) in [5, 5.41) is 6.53. The molecule has 56 heavy (non-hydrogen) atoms. The second-order valence-corrected chi connectivity index (χ2v) is 12.6. The maximum absolute atomic E-state index is 5.85. The van der Waals surface area contributed by atoms with Crippen LogP contribution in [0, 0.1) is 0 Å². The van der Waals surface area contributed by atoms with E-state index in [0.29, 0.717) is 51.5 Å². The Kier molecular flexibility index (Phi) is 14.9. The first-order chi connectivity index (χ1) is 27.6. The molecular weight excluding hydrogens is 701 g/mol. The fraction of sp³-hybridized carbons (Fsp3) is 0.174. The van der Waals surface area contributed by atoms with E-state index in [-0.39, 0.29) is 0 Å². The fourth-order valence-corrected chi connectivity index (χ4v) is 5.58. The van der Waals surface area contributed by atoms with Gasteiger partial charge in [0.25, 0.3) is 0 Å². The van der Waals surface area contributed by atoms with Crippen molar-refractivity contribution in [1.29, 1.82) is 0 Å². The highest BCUT2D eigenvalue weighted by Crippen LogP contribution is 2.26. The van der Waals surface area contributed by atoms with E-state index < -0.39 is 0 Å². The average molecular weight is 747 g/mol. The van der Waals surface area contributed by atoms with Gasteiger partial charge in [0.1, 0.15) is 11.5 Å². The Morgan fingerprint density at radius 2 is 1.61 bits per heavy atom. The van der Waals surface area contributed by atoms with Gasteiger partial charge in [0.2, 0.25) is 11.9 Å². The Balaban J connectivity index is 0.000000190. The molecule has 284 valence electrons. The fourth-order valence-electron chi connectivity index (χ4n) is 5.58. The summed E-state index contributed by atoms with van der Waals surface area (Å²) in [6.45, 7) is 10.8. The van der Waals surface area contributed by atoms with Gasteiger partial charge >= 0.3 is 0 Å². The molecule has 10 heteroatoms. The summed E-state index contributed by atoms with van der Waals surface area (Å²) in [7, 11) is 0. The summed E-state index contributed by atoms with van der Waals surface area (Å²) in [5.41, 5.74) is 7.64. The van der Waals surface area contributed by atoms with Crippen LogP contribution >= 0.6 is 0 Å². The molecule has 6 bridgehead atoms. The largest absolute Gasteiger partial charge is 0.493 e. The summed E-state index contributed by atoms with van der Waals surface area (Å²) in [4.78, 5) is 18.0. The zero-order valence-electron chi connectivity index (χ0n) is 31.3. The van der Waals surface area contributed by atoms with E-state index in [1.54, 1.807) is 18.5 Å². The number of nitrogens with one attached hydrogen (secondary N) is 2. The Bertz CT molecular complexity index is 2210. The average Bonchev–Trinajstić information content (AvgIpc) is 3.23. The standard InChI is InChI=1S/C24H25N3O2.C22H21N3O2/c1-3-5-15-29-22-11-7-9-20(17-22)23-12-13-25-24(27-23)26-21-10-6-8-19(16-21)18-28-14-4-2;1-2-12-26-16-17-6-4-8-19(14-17)24-22-23-11-10-21(25-22)18-7-5-9-20(15-18)27-13-3-1/h3-4,6-13,16-17H,1-2,5,14-15,18H2,(H,25,26,27);1-2,4-11,14-15H,3,12-13,16H2,(H,23,24,25)/b;2-1+. The lowest BCUT2D eigenvalue weighted by Crippen LogP contribution is -2.00. The van der Waals surface area contributed by atoms with Gasteiger partial charge in [0, 0.05) is 34.9 Å². The summed E-state index contributed by atoms with van der Waals surface area (Å²) in [6, 6.07) is 35.7. The van der Waals surface area contributed by atoms with E-state index in [1.165, 1.54) is 0 Å². The number of hydrogen-bond acceptors (Lipinski definition) is 10. The molecule has 0 saturated heterocycles. The highest BCUT2D eigenvalue weighted by atomic mass is 16.5. The smallest absolute Gasteiger partial charge is 0.227 e. The van der Waals surface area contributed by atoms with Crippen molar-refractivity contribution in [2.24, 2.45) is 0 Å². The minimum Gasteiger partial charge on any atom is -0.493 e. The molecule has 10 nitrogen and oxygen atoms in total. The first-order valence-electron chi connectivity index (χ1n) is 18.5. The number of hydrogen-bond donors (Lipinski definition) is 2. The SMILES string of the molecule is C1=C/COCc2cccc(c2)Nc2nccc(n2)-c2cccc(c2)OCC/1.C=CCCOc1cccc(-c2ccnc(Nc3cccc(COCC=C)c3)n2)c1. The van der Waals surface area contributed by atoms with Gasteiger partial charge in [-0.1, -0.05) is 72.8 Å². The molecule has 1 aliphatic heterocycles. The van der Waals surface area contributed by atoms with E-state index in [4.69, 9.17) is 18.9 Å². The molecule has 0 unspecified atom stereocenters. The predicted molar refractivity (Wildman–Crippen MR) is 223 cm³/mol. The molecule has 3 heterocycles. The molecule has 0 fully saturated rings. The maximum atomic E-state index is 5.85. The molecule has 0 saturated carbocycles. The Hall–Kier alpha value is -6.62. The third-order valence-corrected chi connectivity index (χ3v) is 8.23. The topological polar surface area (TPSA) is 113 Å². The number of fused-ring (bicyclic) bond motifs is 7. The van der Waals surface area contributed by atoms with Crippen LogP contribution in [0.3, 0.4) is 0 Å². The van der Waals surface area contributed by atoms with Crippen LogP contribution in [0.1, 0.15) is 24.0 Å². The molecule has 2 N–H and O–H groups in total. The molecule has 0 spiro atoms. The quantitative estimate of drug-likeness (QED) is 0.0981. The molecular formula is C46H46N6O4. The molecule has 6 aromatic rings. The number of benzene rings is 4. The third-order valence-electron chi connectivity index (χ3n) is 8.23. The van der Waals surface area contributed by atoms with Crippen LogP contribution < -0.4 is 20.1 Å². The van der Waals surface area contributed by atoms with Crippen molar-refractivity contribution in [1.82, 2.24) is 19.9 Å². The number of anilines is 4. The van der Waals surface area contributed by atoms with Crippen LogP contribution in [0.2, 0.25) is 0 Å². The predicted octanol–water partition coefficient (Wildman–Crippen LogP) is 10.3. The Morgan fingerprint density at radius 3 is 2.50 bits per heavy atom. The van der Waals surface area contributed by atoms with Crippen molar-refractivity contribution in [3.8, 4) is 34.0 Å². The summed E-state index contributed by atoms with van der Waals surface area (Å²) in [5.74, 6) is 2.73. The molecule has 1 aliphatic rings. The minimum atomic E-state index is 0.527. The summed E-state index contributed by atoms with van der Waals surface area (Å²) >= 11 is 0. The maximum Gasteiger partial charge on any atom is 0.227 e. The van der Waals surface area contributed by atoms with Gasteiger partial charge < -0.3 is 29.6 Å². The van der Waals surface area contributed by atoms with E-state index >= 15 is 0 Å². The Morgan fingerprint density at radius 1 is 0.786 bits per heavy atom. The summed E-state index contributed by atoms with van der Waals surface area (Å²) < 4.78 is 22.8. The molecule has 0 aliphatic carbocycles. The monoisotopic (exact) mass is 746 g/mol. The van der Waals surface area contributed by atoms with Gasteiger partial charge in [-0.15, -0.1) is 13.2 Å². The van der Waals surface area contributed by atoms with E-state index in [1.807, 2.05) is 115 Å². The number of aromatic nitrogens is 4. The van der Waals surface area contributed by atoms with Crippen LogP contribution in [-0.4, -0.2) is 46.4 Å². The van der Waals surface area contributed by atoms with Gasteiger partial charge in [-0.25, -0.2) is 19.9 Å². The van der Waals surface area contributed by atoms with Crippen LogP contribution in [-0.2, 0) is 22.7 Å². The second-order valence-electron chi connectivity index (χ2n) is 12.6. The molecule has 4 aromatic carbocycles. The van der Waals surface area contributed by atoms with Gasteiger partial charge in [-0.2, -0.15) is 0 Å². The van der Waals surface area contributed by atoms with Crippen molar-refractivity contribution >= 4 is 23.3 Å². The lowest BCUT2D eigenvalue weighted by atomic mass is 10.1. The Labute approximate surface area is 328 Å². The van der Waals surface area contributed by atoms with Crippen LogP contribution in [0.25, 0.3) is 22.5 Å².